The van der Waals surface area contributed by atoms with Gasteiger partial charge in [-0.05, 0) is 98.7 Å². The monoisotopic (exact) mass is 803 g/mol. The summed E-state index contributed by atoms with van der Waals surface area (Å²) in [5.74, 6) is 4.94. The minimum atomic E-state index is 0.0363. The van der Waals surface area contributed by atoms with Gasteiger partial charge in [-0.15, -0.1) is 11.3 Å². The van der Waals surface area contributed by atoms with Crippen LogP contribution in [0.5, 0.6) is 0 Å². The van der Waals surface area contributed by atoms with Gasteiger partial charge in [-0.3, -0.25) is 0 Å². The maximum atomic E-state index is 5.53. The molecule has 0 spiro atoms. The molecule has 4 fully saturated rings. The SMILES string of the molecule is c1ccc(-c2nc(-c3cccc(-n4c5ccccc5c5c6c(c7ccccc7n6-c6ccccc6)c6sc7ccccc7c6c54)c3)nc(C34CC5CC(CC(C5)C3)C4)n2)cc1. The van der Waals surface area contributed by atoms with Crippen molar-refractivity contribution in [3.63, 3.8) is 0 Å². The fourth-order valence-electron chi connectivity index (χ4n) is 12.6. The quantitative estimate of drug-likeness (QED) is 0.174. The topological polar surface area (TPSA) is 48.5 Å². The number of rotatable bonds is 5. The average Bonchev–Trinajstić information content (AvgIpc) is 3.97. The minimum absolute atomic E-state index is 0.0363. The second-order valence-electron chi connectivity index (χ2n) is 18.2. The summed E-state index contributed by atoms with van der Waals surface area (Å²) < 4.78 is 7.65. The van der Waals surface area contributed by atoms with Gasteiger partial charge in [0.15, 0.2) is 11.6 Å². The molecule has 61 heavy (non-hydrogen) atoms. The van der Waals surface area contributed by atoms with Crippen molar-refractivity contribution in [2.75, 3.05) is 0 Å². The smallest absolute Gasteiger partial charge is 0.163 e. The van der Waals surface area contributed by atoms with Crippen LogP contribution in [-0.4, -0.2) is 24.1 Å². The van der Waals surface area contributed by atoms with Crippen molar-refractivity contribution in [3.05, 3.63) is 164 Å². The summed E-state index contributed by atoms with van der Waals surface area (Å²) in [5.41, 5.74) is 9.22. The lowest BCUT2D eigenvalue weighted by molar-refractivity contribution is -0.00938. The van der Waals surface area contributed by atoms with Crippen molar-refractivity contribution in [2.24, 2.45) is 17.8 Å². The molecule has 15 rings (SSSR count). The van der Waals surface area contributed by atoms with E-state index in [0.717, 1.165) is 57.7 Å². The number of hydrogen-bond donors (Lipinski definition) is 0. The van der Waals surface area contributed by atoms with Crippen LogP contribution in [0.4, 0.5) is 0 Å². The highest BCUT2D eigenvalue weighted by molar-refractivity contribution is 7.27. The van der Waals surface area contributed by atoms with Crippen LogP contribution in [0.2, 0.25) is 0 Å². The third-order valence-corrected chi connectivity index (χ3v) is 15.8. The molecule has 4 heterocycles. The third-order valence-electron chi connectivity index (χ3n) is 14.6. The Labute approximate surface area is 357 Å². The van der Waals surface area contributed by atoms with Gasteiger partial charge < -0.3 is 9.13 Å². The van der Waals surface area contributed by atoms with E-state index in [4.69, 9.17) is 15.0 Å². The molecule has 0 N–H and O–H groups in total. The van der Waals surface area contributed by atoms with Gasteiger partial charge in [-0.25, -0.2) is 15.0 Å². The van der Waals surface area contributed by atoms with E-state index in [0.29, 0.717) is 0 Å². The Bertz CT molecular complexity index is 3540. The van der Waals surface area contributed by atoms with Gasteiger partial charge >= 0.3 is 0 Å². The lowest BCUT2D eigenvalue weighted by atomic mass is 9.49. The van der Waals surface area contributed by atoms with Crippen molar-refractivity contribution in [3.8, 4) is 34.2 Å². The number of para-hydroxylation sites is 3. The zero-order chi connectivity index (χ0) is 39.8. The highest BCUT2D eigenvalue weighted by Gasteiger charge is 2.53. The van der Waals surface area contributed by atoms with Crippen LogP contribution in [0.1, 0.15) is 44.3 Å². The van der Waals surface area contributed by atoms with Gasteiger partial charge in [-0.2, -0.15) is 0 Å². The Balaban J connectivity index is 1.07. The first-order chi connectivity index (χ1) is 30.2. The predicted molar refractivity (Wildman–Crippen MR) is 252 cm³/mol. The highest BCUT2D eigenvalue weighted by Crippen LogP contribution is 2.60. The predicted octanol–water partition coefficient (Wildman–Crippen LogP) is 14.2. The van der Waals surface area contributed by atoms with E-state index in [2.05, 4.69) is 167 Å². The molecule has 0 aliphatic heterocycles. The fourth-order valence-corrected chi connectivity index (χ4v) is 13.9. The zero-order valence-corrected chi connectivity index (χ0v) is 34.4. The summed E-state index contributed by atoms with van der Waals surface area (Å²) in [4.78, 5) is 16.2. The molecule has 11 aromatic rings. The third kappa shape index (κ3) is 4.91. The van der Waals surface area contributed by atoms with E-state index in [1.165, 1.54) is 102 Å². The molecule has 4 saturated carbocycles. The summed E-state index contributed by atoms with van der Waals surface area (Å²) in [6.45, 7) is 0. The molecule has 292 valence electrons. The Morgan fingerprint density at radius 3 is 1.66 bits per heavy atom. The van der Waals surface area contributed by atoms with Gasteiger partial charge in [0, 0.05) is 69.6 Å². The van der Waals surface area contributed by atoms with E-state index >= 15 is 0 Å². The standard InChI is InChI=1S/C55H41N5S/c1-3-14-36(15-4-1)52-56-53(58-54(57-52)55-30-33-26-34(31-55)28-35(27-33)32-55)37-16-13-19-39(29-37)60-43-23-10-7-20-40(43)46-49-47(51-48(50(46)60)42-22-9-12-25-45(42)61-51)41-21-8-11-24-44(41)59(49)38-17-5-2-6-18-38/h1-25,29,33-35H,26-28,30-32H2. The Kier molecular flexibility index (Phi) is 7.10. The van der Waals surface area contributed by atoms with Crippen LogP contribution < -0.4 is 0 Å². The lowest BCUT2D eigenvalue weighted by Crippen LogP contribution is -2.49. The molecule has 0 saturated heterocycles. The fraction of sp³-hybridized carbons (Fsp3) is 0.182. The Hall–Kier alpha value is -6.63. The molecular formula is C55H41N5S. The van der Waals surface area contributed by atoms with Crippen LogP contribution in [0.15, 0.2) is 158 Å². The molecule has 4 aliphatic carbocycles. The van der Waals surface area contributed by atoms with Crippen LogP contribution in [0.3, 0.4) is 0 Å². The minimum Gasteiger partial charge on any atom is -0.308 e. The van der Waals surface area contributed by atoms with Crippen LogP contribution in [0.25, 0.3) is 97.9 Å². The normalized spacial score (nSPS) is 21.0. The van der Waals surface area contributed by atoms with Gasteiger partial charge in [0.05, 0.1) is 22.1 Å². The molecule has 4 bridgehead atoms. The molecule has 4 aromatic heterocycles. The maximum absolute atomic E-state index is 5.53. The summed E-state index contributed by atoms with van der Waals surface area (Å²) in [7, 11) is 0. The number of aromatic nitrogens is 5. The molecule has 7 aromatic carbocycles. The van der Waals surface area contributed by atoms with Crippen LogP contribution >= 0.6 is 11.3 Å². The van der Waals surface area contributed by atoms with Crippen molar-refractivity contribution >= 4 is 75.1 Å². The molecule has 0 amide bonds. The van der Waals surface area contributed by atoms with Gasteiger partial charge in [-0.1, -0.05) is 115 Å². The molecular weight excluding hydrogens is 763 g/mol. The molecule has 0 unspecified atom stereocenters. The molecule has 6 heteroatoms. The van der Waals surface area contributed by atoms with Gasteiger partial charge in [0.1, 0.15) is 5.82 Å². The first kappa shape index (κ1) is 34.1. The molecule has 4 aliphatic rings. The first-order valence-corrected chi connectivity index (χ1v) is 22.8. The number of hydrogen-bond acceptors (Lipinski definition) is 4. The summed E-state index contributed by atoms with van der Waals surface area (Å²) in [6, 6.07) is 57.4. The first-order valence-electron chi connectivity index (χ1n) is 22.0. The number of fused-ring (bicyclic) bond motifs is 12. The van der Waals surface area contributed by atoms with E-state index in [1.54, 1.807) is 0 Å². The van der Waals surface area contributed by atoms with Crippen molar-refractivity contribution in [1.82, 2.24) is 24.1 Å². The van der Waals surface area contributed by atoms with Gasteiger partial charge in [0.2, 0.25) is 0 Å². The van der Waals surface area contributed by atoms with Gasteiger partial charge in [0.25, 0.3) is 0 Å². The summed E-state index contributed by atoms with van der Waals surface area (Å²) in [5, 5.41) is 7.68. The summed E-state index contributed by atoms with van der Waals surface area (Å²) >= 11 is 1.91. The molecule has 0 radical (unpaired) electrons. The number of thiophene rings is 1. The molecule has 5 nitrogen and oxygen atoms in total. The highest BCUT2D eigenvalue weighted by atomic mass is 32.1. The van der Waals surface area contributed by atoms with E-state index in [9.17, 15) is 0 Å². The van der Waals surface area contributed by atoms with Crippen LogP contribution in [-0.2, 0) is 5.41 Å². The number of benzene rings is 7. The van der Waals surface area contributed by atoms with E-state index < -0.39 is 0 Å². The lowest BCUT2D eigenvalue weighted by Gasteiger charge is -2.56. The van der Waals surface area contributed by atoms with E-state index in [-0.39, 0.29) is 5.41 Å². The van der Waals surface area contributed by atoms with Crippen molar-refractivity contribution in [1.29, 1.82) is 0 Å². The maximum Gasteiger partial charge on any atom is 0.163 e. The molecule has 0 atom stereocenters. The average molecular weight is 804 g/mol. The van der Waals surface area contributed by atoms with Crippen LogP contribution in [0, 0.1) is 17.8 Å². The second-order valence-corrected chi connectivity index (χ2v) is 19.3. The van der Waals surface area contributed by atoms with Crippen molar-refractivity contribution in [2.45, 2.75) is 43.9 Å². The zero-order valence-electron chi connectivity index (χ0n) is 33.6. The Morgan fingerprint density at radius 2 is 0.967 bits per heavy atom. The second kappa shape index (κ2) is 12.7. The van der Waals surface area contributed by atoms with Crippen molar-refractivity contribution < 1.29 is 0 Å². The Morgan fingerprint density at radius 1 is 0.459 bits per heavy atom. The largest absolute Gasteiger partial charge is 0.308 e. The summed E-state index contributed by atoms with van der Waals surface area (Å²) in [6.07, 6.45) is 7.77. The number of nitrogens with zero attached hydrogens (tertiary/aromatic N) is 5. The van der Waals surface area contributed by atoms with E-state index in [1.807, 2.05) is 11.3 Å².